The summed E-state index contributed by atoms with van der Waals surface area (Å²) in [6.07, 6.45) is 0. The van der Waals surface area contributed by atoms with Crippen molar-refractivity contribution in [3.05, 3.63) is 71.3 Å². The summed E-state index contributed by atoms with van der Waals surface area (Å²) in [6, 6.07) is 18.1. The van der Waals surface area contributed by atoms with Gasteiger partial charge in [0.15, 0.2) is 0 Å². The third kappa shape index (κ3) is 5.48. The van der Waals surface area contributed by atoms with Crippen molar-refractivity contribution in [2.75, 3.05) is 6.54 Å². The highest BCUT2D eigenvalue weighted by molar-refractivity contribution is 5.92. The fraction of sp³-hybridized carbons (Fsp3) is 0.350. The molecule has 0 fully saturated rings. The van der Waals surface area contributed by atoms with E-state index in [1.165, 1.54) is 5.56 Å². The SMILES string of the molecule is C[C@@H](NC(C)(C)CNCc1cccc(C(N)=O)c1)c1ccccc1. The Morgan fingerprint density at radius 2 is 1.83 bits per heavy atom. The van der Waals surface area contributed by atoms with E-state index in [9.17, 15) is 4.79 Å². The topological polar surface area (TPSA) is 67.2 Å². The van der Waals surface area contributed by atoms with Crippen molar-refractivity contribution in [2.24, 2.45) is 5.73 Å². The van der Waals surface area contributed by atoms with Gasteiger partial charge in [-0.1, -0.05) is 42.5 Å². The Hall–Kier alpha value is -2.17. The molecule has 0 heterocycles. The number of primary amides is 1. The third-order valence-electron chi connectivity index (χ3n) is 4.01. The molecule has 0 spiro atoms. The van der Waals surface area contributed by atoms with Crippen LogP contribution in [0.3, 0.4) is 0 Å². The fourth-order valence-electron chi connectivity index (χ4n) is 2.82. The van der Waals surface area contributed by atoms with Gasteiger partial charge >= 0.3 is 0 Å². The summed E-state index contributed by atoms with van der Waals surface area (Å²) >= 11 is 0. The maximum Gasteiger partial charge on any atom is 0.248 e. The van der Waals surface area contributed by atoms with Gasteiger partial charge in [0.25, 0.3) is 0 Å². The van der Waals surface area contributed by atoms with E-state index in [2.05, 4.69) is 55.7 Å². The molecular weight excluding hydrogens is 298 g/mol. The van der Waals surface area contributed by atoms with Crippen LogP contribution >= 0.6 is 0 Å². The van der Waals surface area contributed by atoms with Crippen molar-refractivity contribution in [1.82, 2.24) is 10.6 Å². The van der Waals surface area contributed by atoms with E-state index in [1.54, 1.807) is 6.07 Å². The average molecular weight is 325 g/mol. The largest absolute Gasteiger partial charge is 0.366 e. The molecule has 2 aromatic rings. The maximum absolute atomic E-state index is 11.2. The summed E-state index contributed by atoms with van der Waals surface area (Å²) < 4.78 is 0. The second-order valence-corrected chi connectivity index (χ2v) is 6.83. The van der Waals surface area contributed by atoms with Gasteiger partial charge in [-0.25, -0.2) is 0 Å². The second kappa shape index (κ2) is 8.08. The van der Waals surface area contributed by atoms with Crippen LogP contribution in [0.5, 0.6) is 0 Å². The second-order valence-electron chi connectivity index (χ2n) is 6.83. The molecule has 0 aromatic heterocycles. The van der Waals surface area contributed by atoms with Crippen LogP contribution in [0.2, 0.25) is 0 Å². The lowest BCUT2D eigenvalue weighted by Crippen LogP contribution is -2.48. The van der Waals surface area contributed by atoms with Crippen LogP contribution in [0.1, 0.15) is 48.3 Å². The van der Waals surface area contributed by atoms with Crippen LogP contribution < -0.4 is 16.4 Å². The van der Waals surface area contributed by atoms with Gasteiger partial charge in [-0.2, -0.15) is 0 Å². The summed E-state index contributed by atoms with van der Waals surface area (Å²) in [4.78, 5) is 11.2. The quantitative estimate of drug-likeness (QED) is 0.699. The molecular formula is C20H27N3O. The predicted octanol–water partition coefficient (Wildman–Crippen LogP) is 3.00. The Kier molecular flexibility index (Phi) is 6.12. The molecule has 0 unspecified atom stereocenters. The number of nitrogens with two attached hydrogens (primary N) is 1. The van der Waals surface area contributed by atoms with Crippen molar-refractivity contribution in [3.8, 4) is 0 Å². The molecule has 0 saturated carbocycles. The molecule has 24 heavy (non-hydrogen) atoms. The summed E-state index contributed by atoms with van der Waals surface area (Å²) in [7, 11) is 0. The van der Waals surface area contributed by atoms with Crippen LogP contribution in [0.25, 0.3) is 0 Å². The number of benzene rings is 2. The van der Waals surface area contributed by atoms with Gasteiger partial charge in [-0.3, -0.25) is 4.79 Å². The highest BCUT2D eigenvalue weighted by atomic mass is 16.1. The number of nitrogens with one attached hydrogen (secondary N) is 2. The molecule has 1 amide bonds. The monoisotopic (exact) mass is 325 g/mol. The summed E-state index contributed by atoms with van der Waals surface area (Å²) in [5, 5.41) is 7.10. The first-order valence-corrected chi connectivity index (χ1v) is 8.29. The fourth-order valence-corrected chi connectivity index (χ4v) is 2.82. The molecule has 0 bridgehead atoms. The summed E-state index contributed by atoms with van der Waals surface area (Å²) in [5.41, 5.74) is 8.14. The molecule has 128 valence electrons. The van der Waals surface area contributed by atoms with Gasteiger partial charge in [-0.15, -0.1) is 0 Å². The molecule has 4 heteroatoms. The van der Waals surface area contributed by atoms with Crippen LogP contribution in [0.4, 0.5) is 0 Å². The van der Waals surface area contributed by atoms with E-state index in [0.29, 0.717) is 12.1 Å². The van der Waals surface area contributed by atoms with Crippen molar-refractivity contribution in [1.29, 1.82) is 0 Å². The van der Waals surface area contributed by atoms with Gasteiger partial charge in [-0.05, 0) is 44.0 Å². The van der Waals surface area contributed by atoms with E-state index in [-0.39, 0.29) is 11.6 Å². The molecule has 2 rings (SSSR count). The molecule has 1 atom stereocenters. The van der Waals surface area contributed by atoms with Gasteiger partial charge in [0.1, 0.15) is 0 Å². The first-order valence-electron chi connectivity index (χ1n) is 8.29. The van der Waals surface area contributed by atoms with Crippen molar-refractivity contribution in [3.63, 3.8) is 0 Å². The van der Waals surface area contributed by atoms with Gasteiger partial charge < -0.3 is 16.4 Å². The van der Waals surface area contributed by atoms with Crippen molar-refractivity contribution >= 4 is 5.91 Å². The number of hydrogen-bond donors (Lipinski definition) is 3. The number of amides is 1. The highest BCUT2D eigenvalue weighted by Crippen LogP contribution is 2.16. The van der Waals surface area contributed by atoms with E-state index >= 15 is 0 Å². The van der Waals surface area contributed by atoms with E-state index in [1.807, 2.05) is 24.3 Å². The van der Waals surface area contributed by atoms with E-state index in [0.717, 1.165) is 12.1 Å². The number of carbonyl (C=O) groups excluding carboxylic acids is 1. The first-order chi connectivity index (χ1) is 11.4. The number of carbonyl (C=O) groups is 1. The number of rotatable bonds is 8. The van der Waals surface area contributed by atoms with Crippen LogP contribution in [0.15, 0.2) is 54.6 Å². The van der Waals surface area contributed by atoms with Crippen molar-refractivity contribution in [2.45, 2.75) is 38.9 Å². The van der Waals surface area contributed by atoms with Crippen molar-refractivity contribution < 1.29 is 4.79 Å². The lowest BCUT2D eigenvalue weighted by Gasteiger charge is -2.31. The first kappa shape index (κ1) is 18.2. The highest BCUT2D eigenvalue weighted by Gasteiger charge is 2.20. The zero-order chi connectivity index (χ0) is 17.6. The Morgan fingerprint density at radius 1 is 1.12 bits per heavy atom. The zero-order valence-corrected chi connectivity index (χ0v) is 14.7. The summed E-state index contributed by atoms with van der Waals surface area (Å²) in [6.45, 7) is 8.04. The number of hydrogen-bond acceptors (Lipinski definition) is 3. The maximum atomic E-state index is 11.2. The van der Waals surface area contributed by atoms with Gasteiger partial charge in [0, 0.05) is 30.2 Å². The lowest BCUT2D eigenvalue weighted by atomic mass is 10.0. The lowest BCUT2D eigenvalue weighted by molar-refractivity contribution is 0.1000. The Morgan fingerprint density at radius 3 is 2.50 bits per heavy atom. The minimum absolute atomic E-state index is 0.0590. The minimum Gasteiger partial charge on any atom is -0.366 e. The molecule has 0 aliphatic carbocycles. The Labute approximate surface area is 144 Å². The van der Waals surface area contributed by atoms with Gasteiger partial charge in [0.05, 0.1) is 0 Å². The molecule has 0 aliphatic heterocycles. The predicted molar refractivity (Wildman–Crippen MR) is 98.7 cm³/mol. The molecule has 0 radical (unpaired) electrons. The van der Waals surface area contributed by atoms with Crippen LogP contribution in [0, 0.1) is 0 Å². The van der Waals surface area contributed by atoms with Crippen LogP contribution in [-0.2, 0) is 6.54 Å². The molecule has 4 N–H and O–H groups in total. The zero-order valence-electron chi connectivity index (χ0n) is 14.7. The van der Waals surface area contributed by atoms with Crippen LogP contribution in [-0.4, -0.2) is 18.0 Å². The molecule has 2 aromatic carbocycles. The molecule has 0 saturated heterocycles. The molecule has 4 nitrogen and oxygen atoms in total. The normalized spacial score (nSPS) is 12.8. The Balaban J connectivity index is 1.86. The molecule has 0 aliphatic rings. The average Bonchev–Trinajstić information content (AvgIpc) is 2.55. The van der Waals surface area contributed by atoms with E-state index < -0.39 is 5.91 Å². The Bertz CT molecular complexity index is 668. The third-order valence-corrected chi connectivity index (χ3v) is 4.01. The smallest absolute Gasteiger partial charge is 0.248 e. The standard InChI is InChI=1S/C20H27N3O/c1-15(17-9-5-4-6-10-17)23-20(2,3)14-22-13-16-8-7-11-18(12-16)19(21)24/h4-12,15,22-23H,13-14H2,1-3H3,(H2,21,24)/t15-/m1/s1. The summed E-state index contributed by atoms with van der Waals surface area (Å²) in [5.74, 6) is -0.393. The minimum atomic E-state index is -0.393. The van der Waals surface area contributed by atoms with E-state index in [4.69, 9.17) is 5.73 Å². The van der Waals surface area contributed by atoms with Gasteiger partial charge in [0.2, 0.25) is 5.91 Å².